The molecule has 2 heterocycles. The minimum absolute atomic E-state index is 0.202. The largest absolute Gasteiger partial charge is 0.433 e. The van der Waals surface area contributed by atoms with Crippen molar-refractivity contribution < 1.29 is 21.6 Å². The Labute approximate surface area is 115 Å². The van der Waals surface area contributed by atoms with Crippen LogP contribution >= 0.6 is 0 Å². The Morgan fingerprint density at radius 1 is 1.20 bits per heavy atom. The van der Waals surface area contributed by atoms with Gasteiger partial charge < -0.3 is 0 Å². The number of alkyl halides is 3. The molecule has 1 aromatic heterocycles. The van der Waals surface area contributed by atoms with E-state index in [1.165, 1.54) is 4.31 Å². The van der Waals surface area contributed by atoms with Crippen LogP contribution in [0.15, 0.2) is 23.2 Å². The van der Waals surface area contributed by atoms with Crippen LogP contribution in [0.4, 0.5) is 13.2 Å². The minimum atomic E-state index is -4.57. The Morgan fingerprint density at radius 3 is 2.15 bits per heavy atom. The van der Waals surface area contributed by atoms with Crippen LogP contribution in [-0.4, -0.2) is 30.8 Å². The third-order valence-corrected chi connectivity index (χ3v) is 5.43. The van der Waals surface area contributed by atoms with Crippen LogP contribution in [0.5, 0.6) is 0 Å². The zero-order chi connectivity index (χ0) is 15.1. The number of pyridine rings is 1. The molecule has 8 heteroatoms. The second kappa shape index (κ2) is 5.00. The SMILES string of the molecule is C[C@@H]1CN(S(=O)(=O)c2ccc(C(F)(F)F)nc2)C[C@@H]1C. The van der Waals surface area contributed by atoms with Gasteiger partial charge in [-0.2, -0.15) is 17.5 Å². The van der Waals surface area contributed by atoms with Crippen molar-refractivity contribution in [1.82, 2.24) is 9.29 Å². The summed E-state index contributed by atoms with van der Waals surface area (Å²) in [6.07, 6.45) is -3.80. The first kappa shape index (κ1) is 15.2. The van der Waals surface area contributed by atoms with Crippen molar-refractivity contribution in [3.05, 3.63) is 24.0 Å². The molecular formula is C12H15F3N2O2S. The number of hydrogen-bond donors (Lipinski definition) is 0. The third kappa shape index (κ3) is 2.80. The minimum Gasteiger partial charge on any atom is -0.250 e. The molecule has 0 unspecified atom stereocenters. The predicted octanol–water partition coefficient (Wildman–Crippen LogP) is 2.38. The molecule has 1 aromatic rings. The topological polar surface area (TPSA) is 50.3 Å². The van der Waals surface area contributed by atoms with Crippen LogP contribution in [0.2, 0.25) is 0 Å². The van der Waals surface area contributed by atoms with Gasteiger partial charge in [0, 0.05) is 19.3 Å². The van der Waals surface area contributed by atoms with Crippen molar-refractivity contribution in [2.45, 2.75) is 24.9 Å². The van der Waals surface area contributed by atoms with Gasteiger partial charge in [-0.3, -0.25) is 4.98 Å². The van der Waals surface area contributed by atoms with Crippen molar-refractivity contribution in [2.75, 3.05) is 13.1 Å². The number of hydrogen-bond acceptors (Lipinski definition) is 3. The van der Waals surface area contributed by atoms with Crippen LogP contribution < -0.4 is 0 Å². The van der Waals surface area contributed by atoms with E-state index in [0.717, 1.165) is 12.3 Å². The predicted molar refractivity (Wildman–Crippen MR) is 66.3 cm³/mol. The molecule has 2 atom stereocenters. The zero-order valence-electron chi connectivity index (χ0n) is 11.1. The molecule has 0 spiro atoms. The maximum absolute atomic E-state index is 12.4. The molecule has 1 saturated heterocycles. The maximum atomic E-state index is 12.4. The van der Waals surface area contributed by atoms with Gasteiger partial charge in [-0.05, 0) is 24.0 Å². The smallest absolute Gasteiger partial charge is 0.250 e. The Bertz CT molecular complexity index is 574. The molecule has 0 bridgehead atoms. The van der Waals surface area contributed by atoms with Gasteiger partial charge in [-0.1, -0.05) is 13.8 Å². The summed E-state index contributed by atoms with van der Waals surface area (Å²) in [4.78, 5) is 2.99. The summed E-state index contributed by atoms with van der Waals surface area (Å²) >= 11 is 0. The summed E-state index contributed by atoms with van der Waals surface area (Å²) in [5, 5.41) is 0. The highest BCUT2D eigenvalue weighted by Crippen LogP contribution is 2.30. The van der Waals surface area contributed by atoms with E-state index in [1.54, 1.807) is 0 Å². The first-order chi connectivity index (χ1) is 9.12. The summed E-state index contributed by atoms with van der Waals surface area (Å²) < 4.78 is 63.1. The van der Waals surface area contributed by atoms with Crippen LogP contribution in [0.25, 0.3) is 0 Å². The number of sulfonamides is 1. The van der Waals surface area contributed by atoms with Crippen molar-refractivity contribution >= 4 is 10.0 Å². The monoisotopic (exact) mass is 308 g/mol. The summed E-state index contributed by atoms with van der Waals surface area (Å²) in [6, 6.07) is 1.65. The molecule has 0 radical (unpaired) electrons. The van der Waals surface area contributed by atoms with Crippen molar-refractivity contribution in [1.29, 1.82) is 0 Å². The van der Waals surface area contributed by atoms with Gasteiger partial charge in [0.1, 0.15) is 10.6 Å². The number of halogens is 3. The normalized spacial score (nSPS) is 25.1. The van der Waals surface area contributed by atoms with Crippen LogP contribution in [0.1, 0.15) is 19.5 Å². The fourth-order valence-corrected chi connectivity index (χ4v) is 3.71. The van der Waals surface area contributed by atoms with E-state index < -0.39 is 21.9 Å². The van der Waals surface area contributed by atoms with Gasteiger partial charge in [0.2, 0.25) is 10.0 Å². The molecule has 0 aliphatic carbocycles. The van der Waals surface area contributed by atoms with E-state index in [2.05, 4.69) is 4.98 Å². The second-order valence-electron chi connectivity index (χ2n) is 5.15. The lowest BCUT2D eigenvalue weighted by Gasteiger charge is -2.16. The molecule has 0 N–H and O–H groups in total. The molecule has 112 valence electrons. The highest BCUT2D eigenvalue weighted by Gasteiger charge is 2.36. The van der Waals surface area contributed by atoms with E-state index in [4.69, 9.17) is 0 Å². The fourth-order valence-electron chi connectivity index (χ4n) is 2.12. The fraction of sp³-hybridized carbons (Fsp3) is 0.583. The van der Waals surface area contributed by atoms with Gasteiger partial charge in [0.05, 0.1) is 0 Å². The maximum Gasteiger partial charge on any atom is 0.433 e. The van der Waals surface area contributed by atoms with E-state index in [1.807, 2.05) is 13.8 Å². The Morgan fingerprint density at radius 2 is 1.75 bits per heavy atom. The molecule has 1 fully saturated rings. The third-order valence-electron chi connectivity index (χ3n) is 3.62. The molecular weight excluding hydrogens is 293 g/mol. The van der Waals surface area contributed by atoms with Gasteiger partial charge in [-0.15, -0.1) is 0 Å². The summed E-state index contributed by atoms with van der Waals surface area (Å²) in [5.41, 5.74) is -1.10. The molecule has 0 aromatic carbocycles. The van der Waals surface area contributed by atoms with E-state index in [9.17, 15) is 21.6 Å². The molecule has 4 nitrogen and oxygen atoms in total. The van der Waals surface area contributed by atoms with Crippen LogP contribution in [0.3, 0.4) is 0 Å². The Kier molecular flexibility index (Phi) is 3.81. The van der Waals surface area contributed by atoms with Crippen LogP contribution in [-0.2, 0) is 16.2 Å². The van der Waals surface area contributed by atoms with Gasteiger partial charge in [0.15, 0.2) is 0 Å². The summed E-state index contributed by atoms with van der Waals surface area (Å²) in [5.74, 6) is 0.458. The molecule has 0 saturated carbocycles. The van der Waals surface area contributed by atoms with Crippen molar-refractivity contribution in [2.24, 2.45) is 11.8 Å². The molecule has 20 heavy (non-hydrogen) atoms. The Balaban J connectivity index is 2.27. The van der Waals surface area contributed by atoms with Crippen molar-refractivity contribution in [3.8, 4) is 0 Å². The quantitative estimate of drug-likeness (QED) is 0.843. The van der Waals surface area contributed by atoms with Gasteiger partial charge in [-0.25, -0.2) is 8.42 Å². The standard InChI is InChI=1S/C12H15F3N2O2S/c1-8-6-17(7-9(8)2)20(18,19)10-3-4-11(16-5-10)12(13,14)15/h3-5,8-9H,6-7H2,1-2H3/t8-,9+. The van der Waals surface area contributed by atoms with Crippen molar-refractivity contribution in [3.63, 3.8) is 0 Å². The van der Waals surface area contributed by atoms with E-state index >= 15 is 0 Å². The van der Waals surface area contributed by atoms with E-state index in [0.29, 0.717) is 19.2 Å². The second-order valence-corrected chi connectivity index (χ2v) is 7.09. The lowest BCUT2D eigenvalue weighted by atomic mass is 10.0. The number of nitrogens with zero attached hydrogens (tertiary/aromatic N) is 2. The average molecular weight is 308 g/mol. The lowest BCUT2D eigenvalue weighted by Crippen LogP contribution is -2.29. The summed E-state index contributed by atoms with van der Waals surface area (Å²) in [7, 11) is -3.76. The van der Waals surface area contributed by atoms with Gasteiger partial charge >= 0.3 is 6.18 Å². The first-order valence-electron chi connectivity index (χ1n) is 6.16. The first-order valence-corrected chi connectivity index (χ1v) is 7.60. The highest BCUT2D eigenvalue weighted by atomic mass is 32.2. The van der Waals surface area contributed by atoms with Gasteiger partial charge in [0.25, 0.3) is 0 Å². The molecule has 1 aliphatic rings. The molecule has 2 rings (SSSR count). The van der Waals surface area contributed by atoms with Crippen LogP contribution in [0, 0.1) is 11.8 Å². The Hall–Kier alpha value is -1.15. The number of rotatable bonds is 2. The molecule has 0 amide bonds. The average Bonchev–Trinajstić information content (AvgIpc) is 2.69. The lowest BCUT2D eigenvalue weighted by molar-refractivity contribution is -0.141. The molecule has 1 aliphatic heterocycles. The number of aromatic nitrogens is 1. The highest BCUT2D eigenvalue weighted by molar-refractivity contribution is 7.89. The summed E-state index contributed by atoms with van der Waals surface area (Å²) in [6.45, 7) is 4.66. The zero-order valence-corrected chi connectivity index (χ0v) is 11.9. The van der Waals surface area contributed by atoms with E-state index in [-0.39, 0.29) is 16.7 Å².